The van der Waals surface area contributed by atoms with Gasteiger partial charge in [0.15, 0.2) is 0 Å². The van der Waals surface area contributed by atoms with Gasteiger partial charge in [-0.05, 0) is 35.9 Å². The van der Waals surface area contributed by atoms with E-state index in [4.69, 9.17) is 24.4 Å². The van der Waals surface area contributed by atoms with E-state index in [2.05, 4.69) is 6.07 Å². The molecule has 8 nitrogen and oxygen atoms in total. The molecule has 8 heteroatoms. The molecule has 2 heterocycles. The van der Waals surface area contributed by atoms with Crippen molar-refractivity contribution in [2.75, 3.05) is 7.11 Å². The summed E-state index contributed by atoms with van der Waals surface area (Å²) in [7, 11) is 1.56. The molecular formula is C27H18N2O6. The maximum absolute atomic E-state index is 12.8. The van der Waals surface area contributed by atoms with E-state index in [1.807, 2.05) is 18.2 Å². The second kappa shape index (κ2) is 8.72. The van der Waals surface area contributed by atoms with Crippen LogP contribution in [0.3, 0.4) is 0 Å². The Bertz CT molecular complexity index is 1610. The minimum Gasteiger partial charge on any atom is -0.497 e. The molecule has 0 saturated heterocycles. The van der Waals surface area contributed by atoms with Gasteiger partial charge in [0.25, 0.3) is 0 Å². The smallest absolute Gasteiger partial charge is 0.351 e. The van der Waals surface area contributed by atoms with Crippen molar-refractivity contribution in [3.8, 4) is 23.3 Å². The molecule has 0 fully saturated rings. The van der Waals surface area contributed by atoms with E-state index < -0.39 is 17.5 Å². The van der Waals surface area contributed by atoms with Gasteiger partial charge in [-0.25, -0.2) is 9.59 Å². The van der Waals surface area contributed by atoms with E-state index in [1.54, 1.807) is 49.6 Å². The van der Waals surface area contributed by atoms with Crippen LogP contribution in [0.4, 0.5) is 0 Å². The molecule has 2 N–H and O–H groups in total. The van der Waals surface area contributed by atoms with Gasteiger partial charge in [-0.1, -0.05) is 36.4 Å². The first-order valence-electron chi connectivity index (χ1n) is 10.6. The Labute approximate surface area is 199 Å². The zero-order valence-corrected chi connectivity index (χ0v) is 18.5. The second-order valence-electron chi connectivity index (χ2n) is 7.78. The molecule has 1 unspecified atom stereocenters. The number of fused-ring (bicyclic) bond motifs is 2. The number of nitrogens with zero attached hydrogens (tertiary/aromatic N) is 1. The standard InChI is InChI=1S/C27H18N2O6/c1-32-17-7-4-6-16(11-17)24-19-10-9-18(13-23(19)34-25(29)21(24)14-28)33-26(30)20-12-15-5-2-3-8-22(15)35-27(20)31/h2-13,24H,29H2,1H3. The van der Waals surface area contributed by atoms with Crippen molar-refractivity contribution < 1.29 is 23.4 Å². The highest BCUT2D eigenvalue weighted by Crippen LogP contribution is 2.44. The summed E-state index contributed by atoms with van der Waals surface area (Å²) in [5, 5.41) is 10.3. The fraction of sp³-hybridized carbons (Fsp3) is 0.0741. The molecule has 1 aliphatic rings. The lowest BCUT2D eigenvalue weighted by Gasteiger charge is -2.27. The van der Waals surface area contributed by atoms with Gasteiger partial charge < -0.3 is 24.4 Å². The molecule has 0 spiro atoms. The zero-order chi connectivity index (χ0) is 24.5. The van der Waals surface area contributed by atoms with Crippen LogP contribution < -0.4 is 25.6 Å². The molecule has 172 valence electrons. The predicted octanol–water partition coefficient (Wildman–Crippen LogP) is 4.24. The van der Waals surface area contributed by atoms with Crippen molar-refractivity contribution in [1.29, 1.82) is 5.26 Å². The van der Waals surface area contributed by atoms with Crippen LogP contribution in [-0.4, -0.2) is 13.1 Å². The van der Waals surface area contributed by atoms with Crippen LogP contribution in [0, 0.1) is 11.3 Å². The monoisotopic (exact) mass is 466 g/mol. The van der Waals surface area contributed by atoms with Gasteiger partial charge in [0.2, 0.25) is 5.88 Å². The number of benzene rings is 3. The molecule has 5 rings (SSSR count). The van der Waals surface area contributed by atoms with Crippen LogP contribution in [0.25, 0.3) is 11.0 Å². The number of para-hydroxylation sites is 1. The van der Waals surface area contributed by atoms with E-state index in [0.717, 1.165) is 5.56 Å². The van der Waals surface area contributed by atoms with Crippen molar-refractivity contribution in [2.45, 2.75) is 5.92 Å². The normalized spacial score (nSPS) is 14.6. The number of allylic oxidation sites excluding steroid dienone is 1. The predicted molar refractivity (Wildman–Crippen MR) is 126 cm³/mol. The van der Waals surface area contributed by atoms with Crippen molar-refractivity contribution >= 4 is 16.9 Å². The van der Waals surface area contributed by atoms with Crippen LogP contribution in [0.1, 0.15) is 27.4 Å². The number of hydrogen-bond acceptors (Lipinski definition) is 8. The van der Waals surface area contributed by atoms with Gasteiger partial charge in [-0.3, -0.25) is 0 Å². The highest BCUT2D eigenvalue weighted by Gasteiger charge is 2.31. The van der Waals surface area contributed by atoms with Gasteiger partial charge in [-0.15, -0.1) is 0 Å². The van der Waals surface area contributed by atoms with E-state index in [9.17, 15) is 14.9 Å². The number of esters is 1. The van der Waals surface area contributed by atoms with Crippen molar-refractivity contribution in [2.24, 2.45) is 5.73 Å². The van der Waals surface area contributed by atoms with Gasteiger partial charge in [0, 0.05) is 17.0 Å². The highest BCUT2D eigenvalue weighted by molar-refractivity contribution is 5.94. The summed E-state index contributed by atoms with van der Waals surface area (Å²) in [5.74, 6) is -0.330. The lowest BCUT2D eigenvalue weighted by Crippen LogP contribution is -2.21. The van der Waals surface area contributed by atoms with Crippen LogP contribution in [-0.2, 0) is 0 Å². The second-order valence-corrected chi connectivity index (χ2v) is 7.78. The van der Waals surface area contributed by atoms with E-state index >= 15 is 0 Å². The minimum atomic E-state index is -0.870. The van der Waals surface area contributed by atoms with Crippen molar-refractivity contribution in [1.82, 2.24) is 0 Å². The Morgan fingerprint density at radius 1 is 1.03 bits per heavy atom. The number of carbonyl (C=O) groups is 1. The lowest BCUT2D eigenvalue weighted by molar-refractivity contribution is 0.0730. The summed E-state index contributed by atoms with van der Waals surface area (Å²) >= 11 is 0. The first kappa shape index (κ1) is 21.8. The SMILES string of the molecule is COc1cccc(C2C(C#N)=C(N)Oc3cc(OC(=O)c4cc5ccccc5oc4=O)ccc32)c1. The summed E-state index contributed by atoms with van der Waals surface area (Å²) < 4.78 is 21.7. The number of methoxy groups -OCH3 is 1. The average Bonchev–Trinajstić information content (AvgIpc) is 2.87. The molecule has 0 saturated carbocycles. The molecule has 1 atom stereocenters. The molecule has 4 aromatic rings. The number of nitrogens with two attached hydrogens (primary N) is 1. The number of ether oxygens (including phenoxy) is 3. The number of hydrogen-bond donors (Lipinski definition) is 1. The maximum Gasteiger partial charge on any atom is 0.351 e. The molecule has 35 heavy (non-hydrogen) atoms. The molecule has 0 radical (unpaired) electrons. The largest absolute Gasteiger partial charge is 0.497 e. The fourth-order valence-corrected chi connectivity index (χ4v) is 4.03. The summed E-state index contributed by atoms with van der Waals surface area (Å²) in [6.45, 7) is 0. The van der Waals surface area contributed by atoms with Crippen LogP contribution >= 0.6 is 0 Å². The van der Waals surface area contributed by atoms with Crippen molar-refractivity contribution in [3.05, 3.63) is 111 Å². The molecular weight excluding hydrogens is 448 g/mol. The Morgan fingerprint density at radius 2 is 1.86 bits per heavy atom. The van der Waals surface area contributed by atoms with E-state index in [-0.39, 0.29) is 22.8 Å². The summed E-state index contributed by atoms with van der Waals surface area (Å²) in [4.78, 5) is 25.1. The van der Waals surface area contributed by atoms with Crippen LogP contribution in [0.15, 0.2) is 93.5 Å². The maximum atomic E-state index is 12.8. The Balaban J connectivity index is 1.50. The van der Waals surface area contributed by atoms with Gasteiger partial charge in [0.05, 0.1) is 13.0 Å². The molecule has 3 aromatic carbocycles. The summed E-state index contributed by atoms with van der Waals surface area (Å²) in [5.41, 5.74) is 7.10. The van der Waals surface area contributed by atoms with Gasteiger partial charge in [-0.2, -0.15) is 5.26 Å². The third-order valence-corrected chi connectivity index (χ3v) is 5.69. The van der Waals surface area contributed by atoms with E-state index in [0.29, 0.717) is 28.0 Å². The average molecular weight is 466 g/mol. The first-order chi connectivity index (χ1) is 17.0. The highest BCUT2D eigenvalue weighted by atomic mass is 16.5. The zero-order valence-electron chi connectivity index (χ0n) is 18.5. The fourth-order valence-electron chi connectivity index (χ4n) is 4.03. The summed E-state index contributed by atoms with van der Waals surface area (Å²) in [6.07, 6.45) is 0. The van der Waals surface area contributed by atoms with Gasteiger partial charge >= 0.3 is 11.6 Å². The third kappa shape index (κ3) is 3.96. The number of nitriles is 1. The number of rotatable bonds is 4. The van der Waals surface area contributed by atoms with Crippen LogP contribution in [0.5, 0.6) is 17.2 Å². The first-order valence-corrected chi connectivity index (χ1v) is 10.6. The molecule has 0 aliphatic carbocycles. The Morgan fingerprint density at radius 3 is 2.66 bits per heavy atom. The van der Waals surface area contributed by atoms with Crippen LogP contribution in [0.2, 0.25) is 0 Å². The van der Waals surface area contributed by atoms with Gasteiger partial charge in [0.1, 0.15) is 40.0 Å². The molecule has 0 bridgehead atoms. The van der Waals surface area contributed by atoms with Crippen molar-refractivity contribution in [3.63, 3.8) is 0 Å². The quantitative estimate of drug-likeness (QED) is 0.269. The van der Waals surface area contributed by atoms with E-state index in [1.165, 1.54) is 12.1 Å². The molecule has 0 amide bonds. The molecule has 1 aliphatic heterocycles. The minimum absolute atomic E-state index is 0.0496. The third-order valence-electron chi connectivity index (χ3n) is 5.69. The summed E-state index contributed by atoms with van der Waals surface area (Å²) in [6, 6.07) is 22.5. The Hall–Kier alpha value is -5.03. The number of carbonyl (C=O) groups excluding carboxylic acids is 1. The topological polar surface area (TPSA) is 125 Å². The Kier molecular flexibility index (Phi) is 5.43. The molecule has 1 aromatic heterocycles. The lowest BCUT2D eigenvalue weighted by atomic mass is 9.83.